The molecule has 156 valence electrons. The van der Waals surface area contributed by atoms with E-state index in [-0.39, 0.29) is 30.8 Å². The highest BCUT2D eigenvalue weighted by Gasteiger charge is 2.60. The van der Waals surface area contributed by atoms with Crippen molar-refractivity contribution in [3.05, 3.63) is 0 Å². The molecule has 4 rings (SSSR count). The molecule has 0 aromatic carbocycles. The Balaban J connectivity index is 1.38. The molecule has 0 aromatic heterocycles. The molecule has 1 unspecified atom stereocenters. The zero-order valence-corrected chi connectivity index (χ0v) is 15.9. The quantitative estimate of drug-likeness (QED) is 0.256. The van der Waals surface area contributed by atoms with Gasteiger partial charge in [0.2, 0.25) is 11.1 Å². The van der Waals surface area contributed by atoms with Crippen LogP contribution in [0.2, 0.25) is 0 Å². The van der Waals surface area contributed by atoms with Crippen molar-refractivity contribution in [2.75, 3.05) is 6.61 Å². The number of carbonyl (C=O) groups excluding carboxylic acids is 1. The minimum absolute atomic E-state index is 0.0103. The van der Waals surface area contributed by atoms with E-state index >= 15 is 0 Å². The summed E-state index contributed by atoms with van der Waals surface area (Å²) in [5, 5.41) is -4.98. The average molecular weight is 414 g/mol. The molecule has 0 aliphatic heterocycles. The first-order valence-electron chi connectivity index (χ1n) is 9.55. The van der Waals surface area contributed by atoms with Gasteiger partial charge in [0.1, 0.15) is 0 Å². The Morgan fingerprint density at radius 3 is 2.04 bits per heavy atom. The molecule has 0 saturated heterocycles. The zero-order valence-electron chi connectivity index (χ0n) is 15.1. The SMILES string of the molecule is O=C(CC12CC3CC(CC(C3)C1)C2)OCCCCC(F)(F)C(F)(F)S(=O)O. The maximum Gasteiger partial charge on any atom is 0.406 e. The normalized spacial score (nSPS) is 33.9. The monoisotopic (exact) mass is 414 g/mol. The topological polar surface area (TPSA) is 63.6 Å². The Labute approximate surface area is 158 Å². The fraction of sp³-hybridized carbons (Fsp3) is 0.944. The second kappa shape index (κ2) is 7.61. The molecule has 1 N–H and O–H groups in total. The van der Waals surface area contributed by atoms with Crippen molar-refractivity contribution in [2.24, 2.45) is 23.2 Å². The standard InChI is InChI=1S/C18H26F4O4S/c19-17(20,18(21,22)27(24)25)3-1-2-4-26-15(23)11-16-8-12-5-13(9-16)7-14(6-12)10-16/h12-14H,1-11H2,(H,24,25). The van der Waals surface area contributed by atoms with Gasteiger partial charge in [-0.25, -0.2) is 4.21 Å². The first-order valence-corrected chi connectivity index (χ1v) is 10.7. The smallest absolute Gasteiger partial charge is 0.406 e. The third kappa shape index (κ3) is 4.49. The first-order chi connectivity index (χ1) is 12.5. The number of rotatable bonds is 9. The lowest BCUT2D eigenvalue weighted by Gasteiger charge is -2.56. The van der Waals surface area contributed by atoms with E-state index in [0.29, 0.717) is 24.2 Å². The van der Waals surface area contributed by atoms with Crippen LogP contribution >= 0.6 is 0 Å². The fourth-order valence-corrected chi connectivity index (χ4v) is 6.13. The Morgan fingerprint density at radius 2 is 1.56 bits per heavy atom. The average Bonchev–Trinajstić information content (AvgIpc) is 2.52. The van der Waals surface area contributed by atoms with Crippen molar-refractivity contribution >= 4 is 17.0 Å². The van der Waals surface area contributed by atoms with Crippen LogP contribution < -0.4 is 0 Å². The highest BCUT2D eigenvalue weighted by Crippen LogP contribution is 2.61. The van der Waals surface area contributed by atoms with E-state index in [2.05, 4.69) is 0 Å². The van der Waals surface area contributed by atoms with Gasteiger partial charge in [0.25, 0.3) is 0 Å². The molecule has 0 spiro atoms. The van der Waals surface area contributed by atoms with Crippen LogP contribution in [0.1, 0.15) is 64.2 Å². The third-order valence-electron chi connectivity index (χ3n) is 6.48. The number of ether oxygens (including phenoxy) is 1. The van der Waals surface area contributed by atoms with Gasteiger partial charge in [-0.1, -0.05) is 0 Å². The second-order valence-electron chi connectivity index (χ2n) is 8.74. The molecule has 0 aromatic rings. The molecule has 4 aliphatic rings. The number of unbranched alkanes of at least 4 members (excludes halogenated alkanes) is 1. The van der Waals surface area contributed by atoms with Gasteiger partial charge >= 0.3 is 17.1 Å². The van der Waals surface area contributed by atoms with Gasteiger partial charge in [-0.05, 0) is 74.5 Å². The molecular formula is C18H26F4O4S. The summed E-state index contributed by atoms with van der Waals surface area (Å²) >= 11 is -3.94. The number of alkyl halides is 4. The Bertz CT molecular complexity index is 561. The van der Waals surface area contributed by atoms with Gasteiger partial charge in [-0.3, -0.25) is 4.79 Å². The van der Waals surface area contributed by atoms with Crippen molar-refractivity contribution in [2.45, 2.75) is 75.4 Å². The fourth-order valence-electron chi connectivity index (χ4n) is 5.77. The van der Waals surface area contributed by atoms with Crippen molar-refractivity contribution in [3.8, 4) is 0 Å². The minimum Gasteiger partial charge on any atom is -0.466 e. The van der Waals surface area contributed by atoms with Crippen LogP contribution in [-0.4, -0.2) is 32.5 Å². The van der Waals surface area contributed by atoms with E-state index in [1.54, 1.807) is 0 Å². The number of carbonyl (C=O) groups is 1. The second-order valence-corrected chi connectivity index (χ2v) is 9.75. The predicted molar refractivity (Wildman–Crippen MR) is 90.7 cm³/mol. The van der Waals surface area contributed by atoms with E-state index in [1.165, 1.54) is 19.3 Å². The van der Waals surface area contributed by atoms with E-state index < -0.39 is 28.7 Å². The summed E-state index contributed by atoms with van der Waals surface area (Å²) in [7, 11) is 0. The third-order valence-corrected chi connectivity index (χ3v) is 7.21. The minimum atomic E-state index is -4.98. The highest BCUT2D eigenvalue weighted by atomic mass is 32.2. The molecule has 0 radical (unpaired) electrons. The lowest BCUT2D eigenvalue weighted by Crippen LogP contribution is -2.47. The molecule has 4 bridgehead atoms. The highest BCUT2D eigenvalue weighted by molar-refractivity contribution is 7.80. The van der Waals surface area contributed by atoms with Gasteiger partial charge in [0.05, 0.1) is 13.0 Å². The van der Waals surface area contributed by atoms with Crippen LogP contribution in [-0.2, 0) is 20.6 Å². The van der Waals surface area contributed by atoms with E-state index in [1.807, 2.05) is 0 Å². The molecule has 1 atom stereocenters. The van der Waals surface area contributed by atoms with Gasteiger partial charge in [-0.15, -0.1) is 0 Å². The van der Waals surface area contributed by atoms with Gasteiger partial charge in [0.15, 0.2) is 0 Å². The van der Waals surface area contributed by atoms with E-state index in [9.17, 15) is 26.6 Å². The summed E-state index contributed by atoms with van der Waals surface area (Å²) in [4.78, 5) is 12.2. The van der Waals surface area contributed by atoms with Crippen LogP contribution in [0, 0.1) is 23.2 Å². The van der Waals surface area contributed by atoms with Crippen LogP contribution in [0.25, 0.3) is 0 Å². The maximum atomic E-state index is 13.3. The lowest BCUT2D eigenvalue weighted by atomic mass is 9.49. The van der Waals surface area contributed by atoms with Crippen molar-refractivity contribution in [1.29, 1.82) is 0 Å². The Morgan fingerprint density at radius 1 is 1.04 bits per heavy atom. The summed E-state index contributed by atoms with van der Waals surface area (Å²) in [6.45, 7) is -0.102. The van der Waals surface area contributed by atoms with Crippen molar-refractivity contribution in [1.82, 2.24) is 0 Å². The molecule has 0 amide bonds. The Kier molecular flexibility index (Phi) is 5.93. The number of hydrogen-bond donors (Lipinski definition) is 1. The number of esters is 1. The largest absolute Gasteiger partial charge is 0.466 e. The summed E-state index contributed by atoms with van der Waals surface area (Å²) in [5.74, 6) is -2.78. The molecule has 4 saturated carbocycles. The molecule has 4 fully saturated rings. The van der Waals surface area contributed by atoms with Gasteiger partial charge < -0.3 is 9.29 Å². The molecule has 4 nitrogen and oxygen atoms in total. The molecule has 27 heavy (non-hydrogen) atoms. The number of halogens is 4. The first kappa shape index (κ1) is 21.0. The van der Waals surface area contributed by atoms with Crippen LogP contribution in [0.5, 0.6) is 0 Å². The van der Waals surface area contributed by atoms with Crippen LogP contribution in [0.15, 0.2) is 0 Å². The van der Waals surface area contributed by atoms with Crippen LogP contribution in [0.4, 0.5) is 17.6 Å². The summed E-state index contributed by atoms with van der Waals surface area (Å²) in [6.07, 6.45) is 5.80. The molecule has 4 aliphatic carbocycles. The van der Waals surface area contributed by atoms with E-state index in [0.717, 1.165) is 19.3 Å². The molecular weight excluding hydrogens is 388 g/mol. The summed E-state index contributed by atoms with van der Waals surface area (Å²) in [5.41, 5.74) is 0.0338. The summed E-state index contributed by atoms with van der Waals surface area (Å²) < 4.78 is 76.4. The number of hydrogen-bond acceptors (Lipinski definition) is 3. The maximum absolute atomic E-state index is 13.3. The van der Waals surface area contributed by atoms with Gasteiger partial charge in [0, 0.05) is 6.42 Å². The zero-order chi connectivity index (χ0) is 19.9. The van der Waals surface area contributed by atoms with Crippen molar-refractivity contribution < 1.29 is 35.9 Å². The van der Waals surface area contributed by atoms with Crippen LogP contribution in [0.3, 0.4) is 0 Å². The van der Waals surface area contributed by atoms with E-state index in [4.69, 9.17) is 9.29 Å². The lowest BCUT2D eigenvalue weighted by molar-refractivity contribution is -0.162. The summed E-state index contributed by atoms with van der Waals surface area (Å²) in [6, 6.07) is 0. The predicted octanol–water partition coefficient (Wildman–Crippen LogP) is 4.76. The van der Waals surface area contributed by atoms with Crippen molar-refractivity contribution in [3.63, 3.8) is 0 Å². The van der Waals surface area contributed by atoms with Gasteiger partial charge in [-0.2, -0.15) is 17.6 Å². The molecule has 9 heteroatoms. The molecule has 0 heterocycles. The Hall–Kier alpha value is -0.700.